The van der Waals surface area contributed by atoms with E-state index in [0.29, 0.717) is 0 Å². The maximum atomic E-state index is 4.09. The summed E-state index contributed by atoms with van der Waals surface area (Å²) in [7, 11) is 3.87. The molecule has 0 aromatic rings. The molecule has 0 fully saturated rings. The fourth-order valence-electron chi connectivity index (χ4n) is 0.817. The number of hydrazine groups is 1. The highest BCUT2D eigenvalue weighted by atomic mass is 15.5. The van der Waals surface area contributed by atoms with E-state index in [9.17, 15) is 0 Å². The molecule has 0 rings (SSSR count). The second kappa shape index (κ2) is 4.41. The van der Waals surface area contributed by atoms with E-state index in [1.807, 2.05) is 39.9 Å². The lowest BCUT2D eigenvalue weighted by molar-refractivity contribution is 0.185. The Hall–Kier alpha value is -0.480. The zero-order chi connectivity index (χ0) is 8.91. The van der Waals surface area contributed by atoms with Crippen molar-refractivity contribution in [1.82, 2.24) is 10.4 Å². The summed E-state index contributed by atoms with van der Waals surface area (Å²) in [5.74, 6) is 0. The minimum atomic E-state index is -0.292. The Morgan fingerprint density at radius 2 is 1.91 bits per heavy atom. The fraction of sp³-hybridized carbons (Fsp3) is 1.00. The third-order valence-electron chi connectivity index (χ3n) is 0.959. The largest absolute Gasteiger partial charge is 0.248 e. The summed E-state index contributed by atoms with van der Waals surface area (Å²) in [5.41, 5.74) is 2.83. The minimum absolute atomic E-state index is 0.292. The molecule has 0 amide bonds. The predicted octanol–water partition coefficient (Wildman–Crippen LogP) is 1.26. The van der Waals surface area contributed by atoms with Crippen LogP contribution in [0.3, 0.4) is 0 Å². The molecule has 11 heavy (non-hydrogen) atoms. The second-order valence-electron chi connectivity index (χ2n) is 3.12. The number of azo groups is 1. The van der Waals surface area contributed by atoms with Crippen LogP contribution < -0.4 is 5.43 Å². The molecule has 0 bridgehead atoms. The Morgan fingerprint density at radius 1 is 1.36 bits per heavy atom. The highest BCUT2D eigenvalue weighted by Gasteiger charge is 2.15. The van der Waals surface area contributed by atoms with Gasteiger partial charge in [-0.3, -0.25) is 0 Å². The zero-order valence-electron chi connectivity index (χ0n) is 8.05. The lowest BCUT2D eigenvalue weighted by atomic mass is 10.3. The van der Waals surface area contributed by atoms with Crippen LogP contribution in [-0.4, -0.2) is 31.3 Å². The molecule has 0 heterocycles. The van der Waals surface area contributed by atoms with E-state index in [-0.39, 0.29) is 5.66 Å². The maximum Gasteiger partial charge on any atom is 0.138 e. The lowest BCUT2D eigenvalue weighted by Crippen LogP contribution is -2.45. The molecule has 0 aliphatic heterocycles. The van der Waals surface area contributed by atoms with E-state index in [0.717, 1.165) is 6.54 Å². The number of hydrogen-bond acceptors (Lipinski definition) is 4. The van der Waals surface area contributed by atoms with E-state index in [1.165, 1.54) is 0 Å². The third-order valence-corrected chi connectivity index (χ3v) is 0.959. The van der Waals surface area contributed by atoms with Gasteiger partial charge in [-0.2, -0.15) is 10.2 Å². The van der Waals surface area contributed by atoms with E-state index >= 15 is 0 Å². The summed E-state index contributed by atoms with van der Waals surface area (Å²) in [6.45, 7) is 6.66. The lowest BCUT2D eigenvalue weighted by Gasteiger charge is -2.24. The SMILES string of the molecule is CCN=NC(C)(C)NN(C)C. The molecule has 4 heteroatoms. The molecule has 0 aliphatic rings. The summed E-state index contributed by atoms with van der Waals surface area (Å²) in [6, 6.07) is 0. The molecular weight excluding hydrogens is 140 g/mol. The molecule has 1 N–H and O–H groups in total. The van der Waals surface area contributed by atoms with Crippen LogP contribution in [-0.2, 0) is 0 Å². The first-order chi connectivity index (χ1) is 4.98. The molecule has 0 saturated heterocycles. The van der Waals surface area contributed by atoms with Crippen LogP contribution in [0, 0.1) is 0 Å². The monoisotopic (exact) mass is 158 g/mol. The molecule has 0 unspecified atom stereocenters. The molecule has 4 nitrogen and oxygen atoms in total. The smallest absolute Gasteiger partial charge is 0.138 e. The van der Waals surface area contributed by atoms with E-state index < -0.39 is 0 Å². The zero-order valence-corrected chi connectivity index (χ0v) is 8.05. The van der Waals surface area contributed by atoms with Crippen LogP contribution >= 0.6 is 0 Å². The van der Waals surface area contributed by atoms with Crippen LogP contribution in [0.15, 0.2) is 10.2 Å². The fourth-order valence-corrected chi connectivity index (χ4v) is 0.817. The molecule has 0 spiro atoms. The van der Waals surface area contributed by atoms with Gasteiger partial charge in [0.05, 0.1) is 6.54 Å². The maximum absolute atomic E-state index is 4.09. The van der Waals surface area contributed by atoms with Crippen LogP contribution in [0.4, 0.5) is 0 Å². The van der Waals surface area contributed by atoms with E-state index in [1.54, 1.807) is 0 Å². The van der Waals surface area contributed by atoms with Crippen LogP contribution in [0.5, 0.6) is 0 Å². The second-order valence-corrected chi connectivity index (χ2v) is 3.12. The molecule has 0 aromatic heterocycles. The molecule has 0 saturated carbocycles. The average Bonchev–Trinajstić information content (AvgIpc) is 1.81. The van der Waals surface area contributed by atoms with Crippen LogP contribution in [0.25, 0.3) is 0 Å². The Bertz CT molecular complexity index is 128. The first kappa shape index (κ1) is 10.5. The first-order valence-corrected chi connectivity index (χ1v) is 3.81. The van der Waals surface area contributed by atoms with Crippen molar-refractivity contribution in [3.8, 4) is 0 Å². The Morgan fingerprint density at radius 3 is 2.27 bits per heavy atom. The van der Waals surface area contributed by atoms with Gasteiger partial charge in [-0.1, -0.05) is 0 Å². The van der Waals surface area contributed by atoms with Gasteiger partial charge in [0.25, 0.3) is 0 Å². The predicted molar refractivity (Wildman–Crippen MR) is 46.3 cm³/mol. The van der Waals surface area contributed by atoms with Gasteiger partial charge >= 0.3 is 0 Å². The Kier molecular flexibility index (Phi) is 4.22. The number of rotatable bonds is 4. The third kappa shape index (κ3) is 5.94. The molecule has 0 atom stereocenters. The van der Waals surface area contributed by atoms with Gasteiger partial charge in [0.1, 0.15) is 5.66 Å². The normalized spacial score (nSPS) is 13.3. The Balaban J connectivity index is 3.89. The van der Waals surface area contributed by atoms with E-state index in [2.05, 4.69) is 15.7 Å². The Labute approximate surface area is 68.7 Å². The van der Waals surface area contributed by atoms with Crippen molar-refractivity contribution in [2.75, 3.05) is 20.6 Å². The topological polar surface area (TPSA) is 40.0 Å². The molecule has 0 radical (unpaired) electrons. The first-order valence-electron chi connectivity index (χ1n) is 3.81. The van der Waals surface area contributed by atoms with Crippen molar-refractivity contribution >= 4 is 0 Å². The van der Waals surface area contributed by atoms with Gasteiger partial charge < -0.3 is 0 Å². The van der Waals surface area contributed by atoms with Gasteiger partial charge in [-0.05, 0) is 20.8 Å². The van der Waals surface area contributed by atoms with Gasteiger partial charge in [-0.15, -0.1) is 0 Å². The number of nitrogens with one attached hydrogen (secondary N) is 1. The summed E-state index contributed by atoms with van der Waals surface area (Å²) < 4.78 is 0. The number of nitrogens with zero attached hydrogens (tertiary/aromatic N) is 3. The quantitative estimate of drug-likeness (QED) is 0.494. The van der Waals surface area contributed by atoms with Crippen molar-refractivity contribution in [3.05, 3.63) is 0 Å². The van der Waals surface area contributed by atoms with Crippen LogP contribution in [0.1, 0.15) is 20.8 Å². The van der Waals surface area contributed by atoms with Crippen molar-refractivity contribution < 1.29 is 0 Å². The van der Waals surface area contributed by atoms with E-state index in [4.69, 9.17) is 0 Å². The highest BCUT2D eigenvalue weighted by Crippen LogP contribution is 2.04. The van der Waals surface area contributed by atoms with Crippen molar-refractivity contribution in [2.24, 2.45) is 10.2 Å². The average molecular weight is 158 g/mol. The summed E-state index contributed by atoms with van der Waals surface area (Å²) >= 11 is 0. The summed E-state index contributed by atoms with van der Waals surface area (Å²) in [6.07, 6.45) is 0. The molecule has 0 aliphatic carbocycles. The van der Waals surface area contributed by atoms with Gasteiger partial charge in [0.2, 0.25) is 0 Å². The van der Waals surface area contributed by atoms with Crippen molar-refractivity contribution in [3.63, 3.8) is 0 Å². The highest BCUT2D eigenvalue weighted by molar-refractivity contribution is 4.68. The van der Waals surface area contributed by atoms with Crippen molar-refractivity contribution in [1.29, 1.82) is 0 Å². The number of hydrogen-bond donors (Lipinski definition) is 1. The van der Waals surface area contributed by atoms with Gasteiger partial charge in [0, 0.05) is 14.1 Å². The van der Waals surface area contributed by atoms with Gasteiger partial charge in [0.15, 0.2) is 0 Å². The molecular formula is C7H18N4. The van der Waals surface area contributed by atoms with Crippen LogP contribution in [0.2, 0.25) is 0 Å². The molecule has 0 aromatic carbocycles. The van der Waals surface area contributed by atoms with Gasteiger partial charge in [-0.25, -0.2) is 10.4 Å². The summed E-state index contributed by atoms with van der Waals surface area (Å²) in [5, 5.41) is 9.89. The summed E-state index contributed by atoms with van der Waals surface area (Å²) in [4.78, 5) is 0. The minimum Gasteiger partial charge on any atom is -0.248 e. The molecule has 66 valence electrons. The van der Waals surface area contributed by atoms with Crippen molar-refractivity contribution in [2.45, 2.75) is 26.4 Å². The standard InChI is InChI=1S/C7H18N4/c1-6-8-9-7(2,3)10-11(4)5/h10H,6H2,1-5H3.